The predicted octanol–water partition coefficient (Wildman–Crippen LogP) is 1.29. The van der Waals surface area contributed by atoms with E-state index >= 15 is 0 Å². The molecule has 0 fully saturated rings. The van der Waals surface area contributed by atoms with Gasteiger partial charge in [0.25, 0.3) is 0 Å². The number of isocyanates is 1. The first-order valence-corrected chi connectivity index (χ1v) is 4.05. The smallest absolute Gasteiger partial charge is 0.335 e. The first-order chi connectivity index (χ1) is 7.45. The molecule has 0 aromatic heterocycles. The SMILES string of the molecule is Cc1c(C(=O)O)cccc1C(=O)O.N=C=O. The highest BCUT2D eigenvalue weighted by Gasteiger charge is 2.13. The summed E-state index contributed by atoms with van der Waals surface area (Å²) in [6.45, 7) is 1.48. The molecule has 0 unspecified atom stereocenters. The number of carboxylic acid groups (broad SMARTS) is 2. The number of carbonyl (C=O) groups is 2. The quantitative estimate of drug-likeness (QED) is 0.516. The van der Waals surface area contributed by atoms with Crippen LogP contribution in [0.2, 0.25) is 0 Å². The maximum atomic E-state index is 10.6. The van der Waals surface area contributed by atoms with E-state index in [9.17, 15) is 9.59 Å². The van der Waals surface area contributed by atoms with Gasteiger partial charge in [0.15, 0.2) is 0 Å². The third kappa shape index (κ3) is 3.36. The van der Waals surface area contributed by atoms with Gasteiger partial charge in [-0.05, 0) is 24.6 Å². The highest BCUT2D eigenvalue weighted by molar-refractivity contribution is 5.96. The van der Waals surface area contributed by atoms with Crippen LogP contribution in [0.25, 0.3) is 0 Å². The minimum absolute atomic E-state index is 0.0277. The van der Waals surface area contributed by atoms with E-state index in [4.69, 9.17) is 20.4 Å². The lowest BCUT2D eigenvalue weighted by atomic mass is 10.0. The number of carboxylic acids is 2. The number of nitrogens with one attached hydrogen (secondary N) is 1. The number of rotatable bonds is 2. The van der Waals surface area contributed by atoms with E-state index in [1.54, 1.807) is 0 Å². The van der Waals surface area contributed by atoms with Crippen LogP contribution < -0.4 is 0 Å². The van der Waals surface area contributed by atoms with Gasteiger partial charge in [-0.2, -0.15) is 0 Å². The summed E-state index contributed by atoms with van der Waals surface area (Å²) in [5.74, 6) is -2.22. The van der Waals surface area contributed by atoms with Crippen LogP contribution in [0.1, 0.15) is 26.3 Å². The molecule has 16 heavy (non-hydrogen) atoms. The van der Waals surface area contributed by atoms with Crippen molar-refractivity contribution in [3.8, 4) is 0 Å². The second-order valence-corrected chi connectivity index (χ2v) is 2.69. The molecule has 0 spiro atoms. The Kier molecular flexibility index (Phi) is 5.17. The summed E-state index contributed by atoms with van der Waals surface area (Å²) in [7, 11) is 0. The molecule has 0 bridgehead atoms. The lowest BCUT2D eigenvalue weighted by Crippen LogP contribution is -2.06. The molecule has 0 amide bonds. The van der Waals surface area contributed by atoms with Gasteiger partial charge < -0.3 is 10.2 Å². The molecule has 3 N–H and O–H groups in total. The Labute approximate surface area is 90.7 Å². The van der Waals surface area contributed by atoms with Crippen molar-refractivity contribution in [2.75, 3.05) is 0 Å². The van der Waals surface area contributed by atoms with Crippen LogP contribution in [-0.2, 0) is 4.79 Å². The molecule has 0 atom stereocenters. The molecule has 1 rings (SSSR count). The van der Waals surface area contributed by atoms with Crippen molar-refractivity contribution >= 4 is 18.0 Å². The first-order valence-electron chi connectivity index (χ1n) is 4.05. The van der Waals surface area contributed by atoms with Crippen LogP contribution in [0.5, 0.6) is 0 Å². The van der Waals surface area contributed by atoms with Crippen LogP contribution in [0, 0.1) is 12.3 Å². The van der Waals surface area contributed by atoms with E-state index in [2.05, 4.69) is 0 Å². The Morgan fingerprint density at radius 3 is 1.75 bits per heavy atom. The molecule has 0 saturated heterocycles. The van der Waals surface area contributed by atoms with E-state index in [1.807, 2.05) is 0 Å². The van der Waals surface area contributed by atoms with Crippen molar-refractivity contribution in [2.45, 2.75) is 6.92 Å². The van der Waals surface area contributed by atoms with Crippen molar-refractivity contribution in [3.05, 3.63) is 34.9 Å². The normalized spacial score (nSPS) is 8.31. The van der Waals surface area contributed by atoms with Crippen LogP contribution in [0.15, 0.2) is 18.2 Å². The molecule has 6 heteroatoms. The van der Waals surface area contributed by atoms with Crippen LogP contribution >= 0.6 is 0 Å². The Bertz CT molecular complexity index is 414. The summed E-state index contributed by atoms with van der Waals surface area (Å²) in [5.41, 5.74) is 0.335. The summed E-state index contributed by atoms with van der Waals surface area (Å²) in [5, 5.41) is 22.8. The van der Waals surface area contributed by atoms with Crippen LogP contribution in [0.4, 0.5) is 0 Å². The van der Waals surface area contributed by atoms with E-state index in [1.165, 1.54) is 25.1 Å². The fourth-order valence-electron chi connectivity index (χ4n) is 1.10. The largest absolute Gasteiger partial charge is 0.478 e. The molecule has 0 radical (unpaired) electrons. The molecule has 84 valence electrons. The van der Waals surface area contributed by atoms with Gasteiger partial charge in [0, 0.05) is 0 Å². The Hall–Kier alpha value is -2.46. The van der Waals surface area contributed by atoms with Gasteiger partial charge in [0.2, 0.25) is 6.08 Å². The summed E-state index contributed by atoms with van der Waals surface area (Å²) < 4.78 is 0. The topological polar surface area (TPSA) is 116 Å². The summed E-state index contributed by atoms with van der Waals surface area (Å²) in [6, 6.07) is 4.17. The van der Waals surface area contributed by atoms with E-state index in [0.717, 1.165) is 6.08 Å². The van der Waals surface area contributed by atoms with Crippen molar-refractivity contribution < 1.29 is 24.6 Å². The maximum Gasteiger partial charge on any atom is 0.335 e. The summed E-state index contributed by atoms with van der Waals surface area (Å²) in [4.78, 5) is 29.6. The van der Waals surface area contributed by atoms with E-state index in [0.29, 0.717) is 0 Å². The van der Waals surface area contributed by atoms with Crippen molar-refractivity contribution in [1.29, 1.82) is 5.41 Å². The zero-order chi connectivity index (χ0) is 12.7. The zero-order valence-electron chi connectivity index (χ0n) is 8.35. The van der Waals surface area contributed by atoms with Gasteiger partial charge >= 0.3 is 11.9 Å². The molecule has 0 saturated carbocycles. The van der Waals surface area contributed by atoms with Crippen molar-refractivity contribution in [3.63, 3.8) is 0 Å². The van der Waals surface area contributed by atoms with Crippen LogP contribution in [-0.4, -0.2) is 28.2 Å². The van der Waals surface area contributed by atoms with Gasteiger partial charge in [0.1, 0.15) is 0 Å². The highest BCUT2D eigenvalue weighted by atomic mass is 16.4. The number of hydrogen-bond donors (Lipinski definition) is 3. The van der Waals surface area contributed by atoms with Crippen molar-refractivity contribution in [1.82, 2.24) is 0 Å². The standard InChI is InChI=1S/C9H8O4.CHNO/c1-5-6(8(10)11)3-2-4-7(5)9(12)13;2-1-3/h2-4H,1H3,(H,10,11)(H,12,13);2H. The van der Waals surface area contributed by atoms with E-state index in [-0.39, 0.29) is 16.7 Å². The first kappa shape index (κ1) is 13.5. The van der Waals surface area contributed by atoms with Gasteiger partial charge in [-0.15, -0.1) is 0 Å². The Balaban J connectivity index is 0.000000673. The number of carbonyl (C=O) groups excluding carboxylic acids is 1. The fraction of sp³-hybridized carbons (Fsp3) is 0.100. The third-order valence-electron chi connectivity index (χ3n) is 1.79. The fourth-order valence-corrected chi connectivity index (χ4v) is 1.10. The number of aromatic carboxylic acids is 2. The second kappa shape index (κ2) is 6.10. The Morgan fingerprint density at radius 2 is 1.50 bits per heavy atom. The summed E-state index contributed by atoms with van der Waals surface area (Å²) in [6.07, 6.45) is 0.750. The molecule has 0 aliphatic rings. The molecule has 0 heterocycles. The van der Waals surface area contributed by atoms with Crippen LogP contribution in [0.3, 0.4) is 0 Å². The molecule has 6 nitrogen and oxygen atoms in total. The molecule has 0 aliphatic heterocycles. The Morgan fingerprint density at radius 1 is 1.19 bits per heavy atom. The maximum absolute atomic E-state index is 10.6. The highest BCUT2D eigenvalue weighted by Crippen LogP contribution is 2.13. The predicted molar refractivity (Wildman–Crippen MR) is 53.5 cm³/mol. The number of benzene rings is 1. The van der Waals surface area contributed by atoms with E-state index < -0.39 is 11.9 Å². The average Bonchev–Trinajstić information content (AvgIpc) is 2.18. The van der Waals surface area contributed by atoms with Gasteiger partial charge in [-0.3, -0.25) is 0 Å². The molecule has 0 aliphatic carbocycles. The van der Waals surface area contributed by atoms with Crippen molar-refractivity contribution in [2.24, 2.45) is 0 Å². The van der Waals surface area contributed by atoms with Gasteiger partial charge in [-0.1, -0.05) is 6.07 Å². The third-order valence-corrected chi connectivity index (χ3v) is 1.79. The van der Waals surface area contributed by atoms with Gasteiger partial charge in [-0.25, -0.2) is 19.8 Å². The summed E-state index contributed by atoms with van der Waals surface area (Å²) >= 11 is 0. The molecule has 1 aromatic rings. The average molecular weight is 223 g/mol. The zero-order valence-corrected chi connectivity index (χ0v) is 8.35. The molecular formula is C10H9NO5. The van der Waals surface area contributed by atoms with Gasteiger partial charge in [0.05, 0.1) is 11.1 Å². The lowest BCUT2D eigenvalue weighted by Gasteiger charge is -2.03. The molecular weight excluding hydrogens is 214 g/mol. The molecule has 1 aromatic carbocycles. The lowest BCUT2D eigenvalue weighted by molar-refractivity contribution is 0.0696. The second-order valence-electron chi connectivity index (χ2n) is 2.69. The monoisotopic (exact) mass is 223 g/mol. The number of hydrogen-bond acceptors (Lipinski definition) is 4. The minimum atomic E-state index is -1.11. The minimum Gasteiger partial charge on any atom is -0.478 e.